The van der Waals surface area contributed by atoms with Gasteiger partial charge in [0.05, 0.1) is 24.1 Å². The minimum Gasteiger partial charge on any atom is -0.306 e. The molecule has 4 aromatic rings. The number of nitrogens with one attached hydrogen (secondary N) is 1. The van der Waals surface area contributed by atoms with Crippen molar-refractivity contribution >= 4 is 22.8 Å². The van der Waals surface area contributed by atoms with Crippen LogP contribution >= 0.6 is 11.8 Å². The second-order valence-electron chi connectivity index (χ2n) is 8.61. The predicted octanol–water partition coefficient (Wildman–Crippen LogP) is 4.14. The molecule has 3 heterocycles. The highest BCUT2D eigenvalue weighted by Crippen LogP contribution is 2.22. The Morgan fingerprint density at radius 3 is 2.52 bits per heavy atom. The summed E-state index contributed by atoms with van der Waals surface area (Å²) < 4.78 is 4.10. The Kier molecular flexibility index (Phi) is 6.92. The van der Waals surface area contributed by atoms with Crippen molar-refractivity contribution in [3.63, 3.8) is 0 Å². The first-order chi connectivity index (χ1) is 16.3. The molecule has 0 radical (unpaired) electrons. The van der Waals surface area contributed by atoms with Crippen molar-refractivity contribution < 1.29 is 0 Å². The van der Waals surface area contributed by atoms with Gasteiger partial charge in [0.25, 0.3) is 0 Å². The first-order valence-corrected chi connectivity index (χ1v) is 12.8. The summed E-state index contributed by atoms with van der Waals surface area (Å²) in [6.07, 6.45) is 4.74. The number of H-pyrrole nitrogens is 1. The molecule has 0 aliphatic carbocycles. The number of rotatable bonds is 9. The molecule has 5 rings (SSSR count). The van der Waals surface area contributed by atoms with Crippen LogP contribution in [0.5, 0.6) is 0 Å². The first kappa shape index (κ1) is 22.0. The van der Waals surface area contributed by atoms with E-state index in [1.807, 2.05) is 34.9 Å². The highest BCUT2D eigenvalue weighted by Gasteiger charge is 2.18. The van der Waals surface area contributed by atoms with Gasteiger partial charge >= 0.3 is 5.69 Å². The average molecular weight is 463 g/mol. The summed E-state index contributed by atoms with van der Waals surface area (Å²) in [5.41, 5.74) is 3.06. The van der Waals surface area contributed by atoms with Crippen molar-refractivity contribution in [3.05, 3.63) is 76.5 Å². The molecule has 0 atom stereocenters. The number of imidazole rings is 1. The van der Waals surface area contributed by atoms with Gasteiger partial charge in [0.1, 0.15) is 5.82 Å². The van der Waals surface area contributed by atoms with Crippen LogP contribution in [0.1, 0.15) is 37.1 Å². The fourth-order valence-electron chi connectivity index (χ4n) is 4.50. The second kappa shape index (κ2) is 10.4. The largest absolute Gasteiger partial charge is 0.326 e. The lowest BCUT2D eigenvalue weighted by Crippen LogP contribution is -2.30. The van der Waals surface area contributed by atoms with Crippen LogP contribution in [0, 0.1) is 0 Å². The molecule has 0 spiro atoms. The number of aromatic nitrogens is 5. The topological polar surface area (TPSA) is 71.7 Å². The zero-order chi connectivity index (χ0) is 22.5. The highest BCUT2D eigenvalue weighted by molar-refractivity contribution is 7.99. The minimum atomic E-state index is -0.0442. The summed E-state index contributed by atoms with van der Waals surface area (Å²) in [5, 5.41) is 10.1. The van der Waals surface area contributed by atoms with Gasteiger partial charge in [0.15, 0.2) is 5.16 Å². The molecule has 1 saturated heterocycles. The molecule has 7 nitrogen and oxygen atoms in total. The molecular weight excluding hydrogens is 432 g/mol. The third-order valence-electron chi connectivity index (χ3n) is 6.23. The number of piperidine rings is 1. The van der Waals surface area contributed by atoms with Gasteiger partial charge in [-0.2, -0.15) is 0 Å². The van der Waals surface area contributed by atoms with E-state index in [0.717, 1.165) is 60.4 Å². The van der Waals surface area contributed by atoms with Gasteiger partial charge in [-0.1, -0.05) is 60.6 Å². The summed E-state index contributed by atoms with van der Waals surface area (Å²) in [5.74, 6) is 1.92. The minimum absolute atomic E-state index is 0.0442. The summed E-state index contributed by atoms with van der Waals surface area (Å²) in [7, 11) is 0. The Labute approximate surface area is 197 Å². The maximum absolute atomic E-state index is 12.3. The van der Waals surface area contributed by atoms with Gasteiger partial charge in [-0.3, -0.25) is 9.47 Å². The maximum Gasteiger partial charge on any atom is 0.326 e. The normalized spacial score (nSPS) is 14.8. The van der Waals surface area contributed by atoms with Crippen molar-refractivity contribution in [2.75, 3.05) is 18.8 Å². The summed E-state index contributed by atoms with van der Waals surface area (Å²) in [4.78, 5) is 17.7. The molecular formula is C25H30N6OS. The maximum atomic E-state index is 12.3. The Bertz CT molecular complexity index is 1240. The number of thioether (sulfide) groups is 1. The van der Waals surface area contributed by atoms with Gasteiger partial charge in [0.2, 0.25) is 0 Å². The molecule has 0 amide bonds. The standard InChI is InChI=1S/C25H30N6OS/c32-24-26-21-12-5-6-13-22(21)30(24)16-9-17-33-25-28-27-23(19-29-14-7-2-8-15-29)31(25)18-20-10-3-1-4-11-20/h1,3-6,10-13H,2,7-9,14-19H2,(H,26,32). The quantitative estimate of drug-likeness (QED) is 0.299. The van der Waals surface area contributed by atoms with E-state index < -0.39 is 0 Å². The molecule has 33 heavy (non-hydrogen) atoms. The third-order valence-corrected chi connectivity index (χ3v) is 7.28. The smallest absolute Gasteiger partial charge is 0.306 e. The third kappa shape index (κ3) is 5.23. The van der Waals surface area contributed by atoms with Crippen LogP contribution in [-0.2, 0) is 19.6 Å². The van der Waals surface area contributed by atoms with Crippen LogP contribution in [0.15, 0.2) is 64.5 Å². The van der Waals surface area contributed by atoms with E-state index in [4.69, 9.17) is 0 Å². The second-order valence-corrected chi connectivity index (χ2v) is 9.67. The van der Waals surface area contributed by atoms with Crippen molar-refractivity contribution in [1.29, 1.82) is 0 Å². The van der Waals surface area contributed by atoms with Crippen molar-refractivity contribution in [3.8, 4) is 0 Å². The molecule has 1 aliphatic heterocycles. The number of hydrogen-bond donors (Lipinski definition) is 1. The van der Waals surface area contributed by atoms with Crippen LogP contribution in [0.2, 0.25) is 0 Å². The Morgan fingerprint density at radius 2 is 1.67 bits per heavy atom. The number of para-hydroxylation sites is 2. The first-order valence-electron chi connectivity index (χ1n) is 11.8. The lowest BCUT2D eigenvalue weighted by atomic mass is 10.1. The summed E-state index contributed by atoms with van der Waals surface area (Å²) in [6, 6.07) is 18.4. The van der Waals surface area contributed by atoms with Gasteiger partial charge < -0.3 is 9.55 Å². The Morgan fingerprint density at radius 1 is 0.879 bits per heavy atom. The molecule has 2 aromatic carbocycles. The molecule has 8 heteroatoms. The Balaban J connectivity index is 1.27. The van der Waals surface area contributed by atoms with Crippen LogP contribution in [-0.4, -0.2) is 48.1 Å². The lowest BCUT2D eigenvalue weighted by Gasteiger charge is -2.26. The zero-order valence-corrected chi connectivity index (χ0v) is 19.6. The fourth-order valence-corrected chi connectivity index (χ4v) is 5.38. The molecule has 0 unspecified atom stereocenters. The molecule has 2 aromatic heterocycles. The highest BCUT2D eigenvalue weighted by atomic mass is 32.2. The fraction of sp³-hybridized carbons (Fsp3) is 0.400. The number of hydrogen-bond acceptors (Lipinski definition) is 5. The van der Waals surface area contributed by atoms with Crippen molar-refractivity contribution in [2.45, 2.75) is 50.5 Å². The number of nitrogens with zero attached hydrogens (tertiary/aromatic N) is 5. The van der Waals surface area contributed by atoms with Crippen molar-refractivity contribution in [1.82, 2.24) is 29.2 Å². The number of fused-ring (bicyclic) bond motifs is 1. The van der Waals surface area contributed by atoms with E-state index in [9.17, 15) is 4.79 Å². The number of aromatic amines is 1. The molecule has 0 saturated carbocycles. The van der Waals surface area contributed by atoms with E-state index >= 15 is 0 Å². The lowest BCUT2D eigenvalue weighted by molar-refractivity contribution is 0.213. The predicted molar refractivity (Wildman–Crippen MR) is 133 cm³/mol. The van der Waals surface area contributed by atoms with Crippen LogP contribution < -0.4 is 5.69 Å². The van der Waals surface area contributed by atoms with E-state index in [2.05, 4.69) is 48.9 Å². The van der Waals surface area contributed by atoms with E-state index in [0.29, 0.717) is 6.54 Å². The van der Waals surface area contributed by atoms with Gasteiger partial charge in [-0.25, -0.2) is 4.79 Å². The van der Waals surface area contributed by atoms with E-state index in [1.165, 1.54) is 24.8 Å². The number of benzene rings is 2. The molecule has 1 N–H and O–H groups in total. The average Bonchev–Trinajstić information content (AvgIpc) is 3.37. The van der Waals surface area contributed by atoms with Gasteiger partial charge in [0, 0.05) is 12.3 Å². The SMILES string of the molecule is O=c1[nH]c2ccccc2n1CCCSc1nnc(CN2CCCCC2)n1Cc1ccccc1. The number of aryl methyl sites for hydroxylation is 1. The molecule has 1 aliphatic rings. The van der Waals surface area contributed by atoms with E-state index in [1.54, 1.807) is 11.8 Å². The molecule has 1 fully saturated rings. The monoisotopic (exact) mass is 462 g/mol. The van der Waals surface area contributed by atoms with Gasteiger partial charge in [-0.15, -0.1) is 10.2 Å². The summed E-state index contributed by atoms with van der Waals surface area (Å²) >= 11 is 1.73. The summed E-state index contributed by atoms with van der Waals surface area (Å²) in [6.45, 7) is 4.59. The zero-order valence-electron chi connectivity index (χ0n) is 18.8. The Hall–Kier alpha value is -2.84. The van der Waals surface area contributed by atoms with Crippen LogP contribution in [0.3, 0.4) is 0 Å². The van der Waals surface area contributed by atoms with Crippen LogP contribution in [0.25, 0.3) is 11.0 Å². The van der Waals surface area contributed by atoms with E-state index in [-0.39, 0.29) is 5.69 Å². The van der Waals surface area contributed by atoms with Gasteiger partial charge in [-0.05, 0) is 50.0 Å². The molecule has 172 valence electrons. The van der Waals surface area contributed by atoms with Crippen LogP contribution in [0.4, 0.5) is 0 Å². The number of likely N-dealkylation sites (tertiary alicyclic amines) is 1. The molecule has 0 bridgehead atoms. The van der Waals surface area contributed by atoms with Crippen molar-refractivity contribution in [2.24, 2.45) is 0 Å².